The van der Waals surface area contributed by atoms with E-state index in [1.807, 2.05) is 0 Å². The van der Waals surface area contributed by atoms with Gasteiger partial charge < -0.3 is 27.7 Å². The molecule has 0 N–H and O–H groups in total. The van der Waals surface area contributed by atoms with Crippen LogP contribution in [0.15, 0.2) is 0 Å². The van der Waals surface area contributed by atoms with Gasteiger partial charge in [0.15, 0.2) is 0 Å². The summed E-state index contributed by atoms with van der Waals surface area (Å²) in [6, 6.07) is 0. The van der Waals surface area contributed by atoms with Gasteiger partial charge in [0.2, 0.25) is 0 Å². The Kier molecular flexibility index (Phi) is 159. The fourth-order valence-electron chi connectivity index (χ4n) is 0. The van der Waals surface area contributed by atoms with Crippen molar-refractivity contribution < 1.29 is 80.8 Å². The molecule has 106 valence electrons. The standard InChI is InChI=1S/4C4H9.2Na.Ti/c4*1-3-4-2;;;/h4*1,3-4H2,2H3;;;/q4*-1;2*+1;+2. The van der Waals surface area contributed by atoms with Crippen LogP contribution in [-0.2, 0) is 21.7 Å². The van der Waals surface area contributed by atoms with Gasteiger partial charge in [0, 0.05) is 0 Å². The summed E-state index contributed by atoms with van der Waals surface area (Å²) < 4.78 is 0. The first-order valence-corrected chi connectivity index (χ1v) is 6.83. The Morgan fingerprint density at radius 3 is 0.526 bits per heavy atom. The molecule has 3 heteroatoms. The van der Waals surface area contributed by atoms with Gasteiger partial charge in [-0.2, -0.15) is 25.7 Å². The van der Waals surface area contributed by atoms with Crippen molar-refractivity contribution in [1.82, 2.24) is 0 Å². The fraction of sp³-hybridized carbons (Fsp3) is 0.750. The number of hydrogen-bond acceptors (Lipinski definition) is 0. The van der Waals surface area contributed by atoms with Crippen molar-refractivity contribution in [2.45, 2.75) is 79.1 Å². The number of unbranched alkanes of at least 4 members (excludes halogenated alkanes) is 4. The molecule has 0 saturated heterocycles. The van der Waals surface area contributed by atoms with E-state index in [1.165, 1.54) is 25.7 Å². The van der Waals surface area contributed by atoms with Gasteiger partial charge in [-0.3, -0.25) is 0 Å². The maximum absolute atomic E-state index is 3.60. The van der Waals surface area contributed by atoms with Gasteiger partial charge in [-0.25, -0.2) is 0 Å². The molecule has 0 aromatic heterocycles. The van der Waals surface area contributed by atoms with E-state index < -0.39 is 0 Å². The van der Waals surface area contributed by atoms with Crippen molar-refractivity contribution in [3.05, 3.63) is 27.7 Å². The molecule has 0 spiro atoms. The first-order valence-electron chi connectivity index (χ1n) is 6.83. The summed E-state index contributed by atoms with van der Waals surface area (Å²) in [6.07, 6.45) is 9.11. The second kappa shape index (κ2) is 70.1. The van der Waals surface area contributed by atoms with Crippen LogP contribution in [-0.4, -0.2) is 0 Å². The summed E-state index contributed by atoms with van der Waals surface area (Å²) in [5, 5.41) is 0. The Morgan fingerprint density at radius 1 is 0.474 bits per heavy atom. The summed E-state index contributed by atoms with van der Waals surface area (Å²) in [7, 11) is 0. The van der Waals surface area contributed by atoms with E-state index in [-0.39, 0.29) is 80.8 Å². The van der Waals surface area contributed by atoms with E-state index in [1.54, 1.807) is 0 Å². The van der Waals surface area contributed by atoms with E-state index >= 15 is 0 Å². The van der Waals surface area contributed by atoms with Crippen LogP contribution in [0.5, 0.6) is 0 Å². The Bertz CT molecular complexity index is 38.7. The molecule has 0 aromatic rings. The Hall–Kier alpha value is 2.71. The van der Waals surface area contributed by atoms with Gasteiger partial charge in [-0.1, -0.05) is 53.4 Å². The molecule has 0 rings (SSSR count). The second-order valence-corrected chi connectivity index (χ2v) is 3.41. The van der Waals surface area contributed by atoms with Crippen molar-refractivity contribution in [2.75, 3.05) is 0 Å². The molecule has 0 bridgehead atoms. The van der Waals surface area contributed by atoms with Crippen LogP contribution in [0.4, 0.5) is 0 Å². The molecule has 0 aliphatic rings. The molecule has 0 unspecified atom stereocenters. The van der Waals surface area contributed by atoms with Gasteiger partial charge in [0.1, 0.15) is 0 Å². The summed E-state index contributed by atoms with van der Waals surface area (Å²) in [4.78, 5) is 0. The smallest absolute Gasteiger partial charge is 0.343 e. The quantitative estimate of drug-likeness (QED) is 0.522. The average molecular weight is 322 g/mol. The Labute approximate surface area is 185 Å². The van der Waals surface area contributed by atoms with Crippen molar-refractivity contribution in [1.29, 1.82) is 0 Å². The van der Waals surface area contributed by atoms with Crippen molar-refractivity contribution in [2.24, 2.45) is 0 Å². The minimum absolute atomic E-state index is 0. The van der Waals surface area contributed by atoms with Gasteiger partial charge in [-0.15, -0.1) is 0 Å². The van der Waals surface area contributed by atoms with Crippen LogP contribution in [0, 0.1) is 27.7 Å². The zero-order chi connectivity index (χ0) is 13.7. The van der Waals surface area contributed by atoms with Crippen LogP contribution >= 0.6 is 0 Å². The molecule has 0 heterocycles. The number of hydrogen-bond donors (Lipinski definition) is 0. The first kappa shape index (κ1) is 43.0. The van der Waals surface area contributed by atoms with Crippen LogP contribution < -0.4 is 59.1 Å². The summed E-state index contributed by atoms with van der Waals surface area (Å²) >= 11 is 0. The van der Waals surface area contributed by atoms with E-state index in [9.17, 15) is 0 Å². The largest absolute Gasteiger partial charge is 2.00 e. The Morgan fingerprint density at radius 2 is 0.526 bits per heavy atom. The molecule has 0 amide bonds. The predicted octanol–water partition coefficient (Wildman–Crippen LogP) is 0.488. The van der Waals surface area contributed by atoms with Gasteiger partial charge in [-0.05, 0) is 0 Å². The van der Waals surface area contributed by atoms with Gasteiger partial charge in [0.05, 0.1) is 0 Å². The van der Waals surface area contributed by atoms with E-state index in [0.717, 1.165) is 25.7 Å². The Balaban J connectivity index is -0.0000000192. The molecule has 0 nitrogen and oxygen atoms in total. The van der Waals surface area contributed by atoms with E-state index in [2.05, 4.69) is 55.4 Å². The van der Waals surface area contributed by atoms with Gasteiger partial charge in [0.25, 0.3) is 0 Å². The molecule has 0 aromatic carbocycles. The zero-order valence-corrected chi connectivity index (χ0v) is 20.5. The molecule has 0 atom stereocenters. The average Bonchev–Trinajstić information content (AvgIpc) is 2.39. The minimum Gasteiger partial charge on any atom is -0.343 e. The van der Waals surface area contributed by atoms with Crippen molar-refractivity contribution in [3.8, 4) is 0 Å². The molecule has 19 heavy (non-hydrogen) atoms. The summed E-state index contributed by atoms with van der Waals surface area (Å²) in [5.74, 6) is 0. The maximum atomic E-state index is 3.60. The maximum Gasteiger partial charge on any atom is 2.00 e. The third kappa shape index (κ3) is 161. The number of rotatable bonds is 4. The van der Waals surface area contributed by atoms with Crippen molar-refractivity contribution >= 4 is 0 Å². The van der Waals surface area contributed by atoms with Crippen LogP contribution in [0.2, 0.25) is 0 Å². The molecule has 0 fully saturated rings. The molecule has 0 saturated carbocycles. The molecular formula is C16H36Na2Ti. The summed E-state index contributed by atoms with van der Waals surface area (Å²) in [5.41, 5.74) is 0. The summed E-state index contributed by atoms with van der Waals surface area (Å²) in [6.45, 7) is 22.9. The van der Waals surface area contributed by atoms with Crippen LogP contribution in [0.1, 0.15) is 79.1 Å². The topological polar surface area (TPSA) is 0 Å². The predicted molar refractivity (Wildman–Crippen MR) is 81.1 cm³/mol. The van der Waals surface area contributed by atoms with Crippen LogP contribution in [0.3, 0.4) is 0 Å². The third-order valence-corrected chi connectivity index (χ3v) is 1.41. The van der Waals surface area contributed by atoms with E-state index in [0.29, 0.717) is 0 Å². The molecule has 0 aliphatic carbocycles. The van der Waals surface area contributed by atoms with Gasteiger partial charge >= 0.3 is 80.8 Å². The normalized spacial score (nSPS) is 6.32. The first-order chi connectivity index (χ1) is 7.66. The second-order valence-electron chi connectivity index (χ2n) is 3.41. The van der Waals surface area contributed by atoms with E-state index in [4.69, 9.17) is 0 Å². The third-order valence-electron chi connectivity index (χ3n) is 1.41. The zero-order valence-electron chi connectivity index (χ0n) is 15.0. The minimum atomic E-state index is 0. The SMILES string of the molecule is [CH2-]CCC.[CH2-]CCC.[CH2-]CCC.[CH2-]CCC.[Na+].[Na+].[Ti+2]. The van der Waals surface area contributed by atoms with Crippen LogP contribution in [0.25, 0.3) is 0 Å². The van der Waals surface area contributed by atoms with Crippen molar-refractivity contribution in [3.63, 3.8) is 0 Å². The fourth-order valence-corrected chi connectivity index (χ4v) is 0. The molecule has 0 aliphatic heterocycles. The monoisotopic (exact) mass is 322 g/mol. The molecule has 0 radical (unpaired) electrons. The molecular weight excluding hydrogens is 286 g/mol.